The van der Waals surface area contributed by atoms with Gasteiger partial charge >= 0.3 is 0 Å². The van der Waals surface area contributed by atoms with Crippen molar-refractivity contribution in [3.05, 3.63) is 108 Å². The van der Waals surface area contributed by atoms with E-state index < -0.39 is 12.9 Å². The van der Waals surface area contributed by atoms with E-state index in [4.69, 9.17) is 14.9 Å². The van der Waals surface area contributed by atoms with Gasteiger partial charge in [0.05, 0.1) is 48.7 Å². The molecule has 1 atom stereocenters. The van der Waals surface area contributed by atoms with E-state index >= 15 is 0 Å². The molecule has 0 bridgehead atoms. The van der Waals surface area contributed by atoms with E-state index in [9.17, 15) is 10.0 Å². The molecule has 0 aromatic heterocycles. The average molecular weight is 525 g/mol. The maximum absolute atomic E-state index is 11.8. The van der Waals surface area contributed by atoms with Gasteiger partial charge in [-0.3, -0.25) is 0 Å². The number of hydrogen-bond acceptors (Lipinski definition) is 5. The van der Waals surface area contributed by atoms with E-state index in [-0.39, 0.29) is 5.92 Å². The summed E-state index contributed by atoms with van der Waals surface area (Å²) in [6, 6.07) is 29.0. The molecule has 4 N–H and O–H groups in total. The van der Waals surface area contributed by atoms with Crippen molar-refractivity contribution < 1.29 is 34.7 Å². The smallest absolute Gasteiger partial charge is 0.106 e. The number of aliphatic hydroxyl groups is 2. The molecule has 3 aromatic rings. The van der Waals surface area contributed by atoms with Crippen LogP contribution in [-0.2, 0) is 10.3 Å². The van der Waals surface area contributed by atoms with Gasteiger partial charge < -0.3 is 34.7 Å². The SMILES string of the molecule is CCC(c1ccccc1)C(OB([O-])[O-])(c1ccccc1)c1ccccc1.C[NH+](C)CCO.C[NH+](C)CCO. The summed E-state index contributed by atoms with van der Waals surface area (Å²) in [6.45, 7) is 4.33. The summed E-state index contributed by atoms with van der Waals surface area (Å²) in [6.07, 6.45) is 0.709. The maximum Gasteiger partial charge on any atom is 0.106 e. The second-order valence-corrected chi connectivity index (χ2v) is 9.61. The van der Waals surface area contributed by atoms with Gasteiger partial charge in [-0.1, -0.05) is 97.9 Å². The van der Waals surface area contributed by atoms with Crippen LogP contribution in [0.2, 0.25) is 0 Å². The normalized spacial score (nSPS) is 11.8. The summed E-state index contributed by atoms with van der Waals surface area (Å²) in [5.74, 6) is -0.182. The molecule has 7 nitrogen and oxygen atoms in total. The fourth-order valence-electron chi connectivity index (χ4n) is 4.20. The first kappa shape index (κ1) is 33.5. The molecule has 0 aliphatic rings. The zero-order chi connectivity index (χ0) is 28.4. The van der Waals surface area contributed by atoms with Gasteiger partial charge in [-0.05, 0) is 23.1 Å². The molecule has 38 heavy (non-hydrogen) atoms. The number of rotatable bonds is 11. The lowest BCUT2D eigenvalue weighted by atomic mass is 9.71. The topological polar surface area (TPSA) is 105 Å². The van der Waals surface area contributed by atoms with E-state index in [0.29, 0.717) is 19.6 Å². The fourth-order valence-corrected chi connectivity index (χ4v) is 4.20. The summed E-state index contributed by atoms with van der Waals surface area (Å²) >= 11 is 0. The molecule has 0 spiro atoms. The Morgan fingerprint density at radius 1 is 0.711 bits per heavy atom. The van der Waals surface area contributed by atoms with Crippen molar-refractivity contribution in [3.63, 3.8) is 0 Å². The van der Waals surface area contributed by atoms with Crippen molar-refractivity contribution in [2.45, 2.75) is 24.9 Å². The first-order valence-electron chi connectivity index (χ1n) is 13.2. The summed E-state index contributed by atoms with van der Waals surface area (Å²) in [7, 11) is 5.65. The highest BCUT2D eigenvalue weighted by Crippen LogP contribution is 2.47. The number of benzene rings is 3. The number of aliphatic hydroxyl groups excluding tert-OH is 2. The minimum Gasteiger partial charge on any atom is -0.871 e. The van der Waals surface area contributed by atoms with Gasteiger partial charge in [-0.15, -0.1) is 0 Å². The first-order chi connectivity index (χ1) is 18.2. The molecule has 0 aliphatic heterocycles. The van der Waals surface area contributed by atoms with Crippen LogP contribution in [0.3, 0.4) is 0 Å². The van der Waals surface area contributed by atoms with E-state index in [0.717, 1.165) is 29.8 Å². The number of nitrogens with one attached hydrogen (secondary N) is 2. The van der Waals surface area contributed by atoms with Gasteiger partial charge in [0, 0.05) is 5.92 Å². The highest BCUT2D eigenvalue weighted by atomic mass is 16.6. The van der Waals surface area contributed by atoms with Gasteiger partial charge in [0.15, 0.2) is 0 Å². The monoisotopic (exact) mass is 524 g/mol. The molecule has 3 aromatic carbocycles. The van der Waals surface area contributed by atoms with Crippen LogP contribution in [0.1, 0.15) is 36.0 Å². The Bertz CT molecular complexity index is 911. The minimum atomic E-state index is -2.40. The summed E-state index contributed by atoms with van der Waals surface area (Å²) in [5.41, 5.74) is 1.49. The third kappa shape index (κ3) is 11.1. The molecule has 0 radical (unpaired) electrons. The zero-order valence-electron chi connectivity index (χ0n) is 23.5. The average Bonchev–Trinajstić information content (AvgIpc) is 2.90. The van der Waals surface area contributed by atoms with Crippen molar-refractivity contribution in [2.24, 2.45) is 0 Å². The highest BCUT2D eigenvalue weighted by Gasteiger charge is 2.42. The van der Waals surface area contributed by atoms with Crippen LogP contribution in [0.5, 0.6) is 0 Å². The van der Waals surface area contributed by atoms with E-state index in [1.54, 1.807) is 0 Å². The van der Waals surface area contributed by atoms with Gasteiger partial charge in [0.25, 0.3) is 0 Å². The Kier molecular flexibility index (Phi) is 16.4. The largest absolute Gasteiger partial charge is 0.871 e. The second kappa shape index (κ2) is 18.7. The molecule has 8 heteroatoms. The van der Waals surface area contributed by atoms with Crippen LogP contribution in [-0.4, -0.2) is 72.0 Å². The second-order valence-electron chi connectivity index (χ2n) is 9.61. The fraction of sp³-hybridized carbons (Fsp3) is 0.400. The minimum absolute atomic E-state index is 0.182. The molecule has 0 aliphatic carbocycles. The Labute approximate surface area is 229 Å². The molecule has 0 heterocycles. The van der Waals surface area contributed by atoms with Crippen LogP contribution >= 0.6 is 0 Å². The van der Waals surface area contributed by atoms with Crippen molar-refractivity contribution in [1.29, 1.82) is 0 Å². The van der Waals surface area contributed by atoms with Gasteiger partial charge in [-0.2, -0.15) is 0 Å². The molecular weight excluding hydrogens is 479 g/mol. The quantitative estimate of drug-likeness (QED) is 0.243. The lowest BCUT2D eigenvalue weighted by molar-refractivity contribution is -0.858. The van der Waals surface area contributed by atoms with Crippen LogP contribution < -0.4 is 19.8 Å². The Balaban J connectivity index is 0.000000503. The van der Waals surface area contributed by atoms with Crippen LogP contribution in [0, 0.1) is 0 Å². The number of hydrogen-bond donors (Lipinski definition) is 4. The summed E-state index contributed by atoms with van der Waals surface area (Å²) in [4.78, 5) is 2.58. The first-order valence-corrected chi connectivity index (χ1v) is 13.2. The van der Waals surface area contributed by atoms with Crippen LogP contribution in [0.4, 0.5) is 0 Å². The van der Waals surface area contributed by atoms with E-state index in [1.165, 1.54) is 9.80 Å². The molecular formula is C30H45BN2O5. The predicted molar refractivity (Wildman–Crippen MR) is 150 cm³/mol. The van der Waals surface area contributed by atoms with Crippen molar-refractivity contribution in [1.82, 2.24) is 0 Å². The third-order valence-electron chi connectivity index (χ3n) is 6.01. The Morgan fingerprint density at radius 2 is 1.08 bits per heavy atom. The van der Waals surface area contributed by atoms with Gasteiger partial charge in [-0.25, -0.2) is 0 Å². The Hall–Kier alpha value is -2.56. The maximum atomic E-state index is 11.8. The van der Waals surface area contributed by atoms with Gasteiger partial charge in [0.1, 0.15) is 18.7 Å². The Morgan fingerprint density at radius 3 is 1.34 bits per heavy atom. The molecule has 0 saturated heterocycles. The molecule has 0 fully saturated rings. The van der Waals surface area contributed by atoms with Gasteiger partial charge in [0.2, 0.25) is 0 Å². The van der Waals surface area contributed by atoms with E-state index in [1.807, 2.05) is 126 Å². The van der Waals surface area contributed by atoms with E-state index in [2.05, 4.69) is 0 Å². The molecule has 0 amide bonds. The lowest BCUT2D eigenvalue weighted by Gasteiger charge is -2.48. The van der Waals surface area contributed by atoms with Crippen molar-refractivity contribution in [2.75, 3.05) is 54.5 Å². The number of likely N-dealkylation sites (N-methyl/N-ethyl adjacent to an activating group) is 2. The predicted octanol–water partition coefficient (Wildman–Crippen LogP) is -0.907. The zero-order valence-corrected chi connectivity index (χ0v) is 23.5. The summed E-state index contributed by atoms with van der Waals surface area (Å²) < 4.78 is 5.71. The van der Waals surface area contributed by atoms with Crippen LogP contribution in [0.25, 0.3) is 0 Å². The number of quaternary nitrogens is 2. The van der Waals surface area contributed by atoms with Crippen molar-refractivity contribution >= 4 is 7.32 Å². The van der Waals surface area contributed by atoms with Crippen LogP contribution in [0.15, 0.2) is 91.0 Å². The third-order valence-corrected chi connectivity index (χ3v) is 6.01. The van der Waals surface area contributed by atoms with Crippen molar-refractivity contribution in [3.8, 4) is 0 Å². The summed E-state index contributed by atoms with van der Waals surface area (Å²) in [5, 5.41) is 40.0. The molecule has 1 unspecified atom stereocenters. The molecule has 3 rings (SSSR count). The lowest BCUT2D eigenvalue weighted by Crippen LogP contribution is -3.06. The molecule has 0 saturated carbocycles. The standard InChI is InChI=1S/C22H21BO3.2C4H11NO/c1-2-21(18-12-6-3-7-13-18)22(26-23(24)25,19-14-8-4-9-15-19)20-16-10-5-11-17-20;2*1-5(2)3-4-6/h3-17,21H,2H2,1H3;2*6H,3-4H2,1-2H3/q-2;;/p+2. The molecule has 208 valence electrons. The highest BCUT2D eigenvalue weighted by molar-refractivity contribution is 6.28.